The smallest absolute Gasteiger partial charge is 0.410 e. The van der Waals surface area contributed by atoms with Gasteiger partial charge in [0, 0.05) is 13.1 Å². The average molecular weight is 378 g/mol. The monoisotopic (exact) mass is 377 g/mol. The average Bonchev–Trinajstić information content (AvgIpc) is 3.52. The number of epoxide rings is 2. The first-order valence-corrected chi connectivity index (χ1v) is 10.8. The van der Waals surface area contributed by atoms with Gasteiger partial charge in [0.15, 0.2) is 0 Å². The van der Waals surface area contributed by atoms with Crippen LogP contribution in [0.1, 0.15) is 72.6 Å². The predicted octanol–water partition coefficient (Wildman–Crippen LogP) is 4.45. The van der Waals surface area contributed by atoms with Crippen LogP contribution in [-0.4, -0.2) is 53.6 Å². The summed E-state index contributed by atoms with van der Waals surface area (Å²) in [5.74, 6) is 0.721. The van der Waals surface area contributed by atoms with Crippen molar-refractivity contribution in [1.82, 2.24) is 4.90 Å². The fourth-order valence-corrected chi connectivity index (χ4v) is 4.95. The van der Waals surface area contributed by atoms with Crippen molar-refractivity contribution in [1.29, 1.82) is 0 Å². The topological polar surface area (TPSA) is 54.6 Å². The largest absolute Gasteiger partial charge is 0.446 e. The Labute approximate surface area is 163 Å². The number of nitrogens with zero attached hydrogens (tertiary/aromatic N) is 1. The number of rotatable bonds is 4. The van der Waals surface area contributed by atoms with E-state index in [1.54, 1.807) is 0 Å². The third-order valence-electron chi connectivity index (χ3n) is 7.10. The summed E-state index contributed by atoms with van der Waals surface area (Å²) < 4.78 is 18.0. The highest BCUT2D eigenvalue weighted by molar-refractivity contribution is 5.67. The maximum atomic E-state index is 12.4. The molecular weight excluding hydrogens is 342 g/mol. The van der Waals surface area contributed by atoms with E-state index in [4.69, 9.17) is 14.2 Å². The van der Waals surface area contributed by atoms with Gasteiger partial charge in [0.05, 0.1) is 11.7 Å². The lowest BCUT2D eigenvalue weighted by Crippen LogP contribution is -2.41. The zero-order chi connectivity index (χ0) is 19.2. The molecule has 3 saturated heterocycles. The molecule has 0 bridgehead atoms. The van der Waals surface area contributed by atoms with Gasteiger partial charge in [-0.05, 0) is 71.6 Å². The zero-order valence-electron chi connectivity index (χ0n) is 17.3. The van der Waals surface area contributed by atoms with E-state index in [-0.39, 0.29) is 35.6 Å². The van der Waals surface area contributed by atoms with E-state index in [1.807, 2.05) is 4.90 Å². The second-order valence-electron chi connectivity index (χ2n) is 9.62. The Morgan fingerprint density at radius 2 is 1.81 bits per heavy atom. The minimum absolute atomic E-state index is 0.0298. The Morgan fingerprint density at radius 3 is 2.44 bits per heavy atom. The lowest BCUT2D eigenvalue weighted by Gasteiger charge is -2.33. The predicted molar refractivity (Wildman–Crippen MR) is 104 cm³/mol. The highest BCUT2D eigenvalue weighted by Gasteiger charge is 2.73. The minimum Gasteiger partial charge on any atom is -0.446 e. The van der Waals surface area contributed by atoms with Gasteiger partial charge in [-0.3, -0.25) is 0 Å². The molecule has 5 heteroatoms. The van der Waals surface area contributed by atoms with E-state index < -0.39 is 0 Å². The molecule has 0 aromatic heterocycles. The molecule has 4 aliphatic rings. The van der Waals surface area contributed by atoms with Gasteiger partial charge in [-0.15, -0.1) is 0 Å². The Kier molecular flexibility index (Phi) is 5.04. The van der Waals surface area contributed by atoms with Crippen LogP contribution in [-0.2, 0) is 14.2 Å². The summed E-state index contributed by atoms with van der Waals surface area (Å²) in [6.07, 6.45) is 9.58. The van der Waals surface area contributed by atoms with Crippen LogP contribution in [0.25, 0.3) is 0 Å². The molecule has 3 unspecified atom stereocenters. The van der Waals surface area contributed by atoms with Crippen molar-refractivity contribution < 1.29 is 19.0 Å². The number of amides is 1. The van der Waals surface area contributed by atoms with Gasteiger partial charge in [0.1, 0.15) is 17.8 Å². The molecule has 4 rings (SSSR count). The highest BCUT2D eigenvalue weighted by Crippen LogP contribution is 2.60. The quantitative estimate of drug-likeness (QED) is 0.536. The summed E-state index contributed by atoms with van der Waals surface area (Å²) in [4.78, 5) is 14.3. The van der Waals surface area contributed by atoms with Crippen molar-refractivity contribution in [3.8, 4) is 0 Å². The SMILES string of the molecule is CC(C)=CCC1OC1(C)C1OC12CCC(OC(=O)N1CCC(C)CC1)CC2. The molecule has 0 N–H and O–H groups in total. The van der Waals surface area contributed by atoms with Crippen molar-refractivity contribution in [2.75, 3.05) is 13.1 Å². The lowest BCUT2D eigenvalue weighted by molar-refractivity contribution is 0.0268. The Bertz CT molecular complexity index is 597. The Morgan fingerprint density at radius 1 is 1.15 bits per heavy atom. The Balaban J connectivity index is 1.22. The van der Waals surface area contributed by atoms with Crippen LogP contribution >= 0.6 is 0 Å². The van der Waals surface area contributed by atoms with Gasteiger partial charge < -0.3 is 19.1 Å². The second kappa shape index (κ2) is 7.07. The van der Waals surface area contributed by atoms with Crippen LogP contribution in [0.3, 0.4) is 0 Å². The molecule has 3 atom stereocenters. The first-order valence-electron chi connectivity index (χ1n) is 10.8. The molecule has 4 fully saturated rings. The van der Waals surface area contributed by atoms with Gasteiger partial charge in [-0.2, -0.15) is 0 Å². The molecule has 27 heavy (non-hydrogen) atoms. The molecular formula is C22H35NO4. The zero-order valence-corrected chi connectivity index (χ0v) is 17.3. The molecule has 0 aromatic carbocycles. The van der Waals surface area contributed by atoms with E-state index in [1.165, 1.54) is 5.57 Å². The first-order chi connectivity index (χ1) is 12.8. The maximum Gasteiger partial charge on any atom is 0.410 e. The number of allylic oxidation sites excluding steroid dienone is 1. The van der Waals surface area contributed by atoms with Gasteiger partial charge in [0.25, 0.3) is 0 Å². The number of ether oxygens (including phenoxy) is 3. The normalized spacial score (nSPS) is 41.3. The highest BCUT2D eigenvalue weighted by atomic mass is 16.7. The van der Waals surface area contributed by atoms with Gasteiger partial charge in [-0.25, -0.2) is 4.79 Å². The van der Waals surface area contributed by atoms with Crippen LogP contribution < -0.4 is 0 Å². The van der Waals surface area contributed by atoms with Crippen molar-refractivity contribution in [2.45, 2.75) is 102 Å². The molecule has 3 heterocycles. The molecule has 1 spiro atoms. The van der Waals surface area contributed by atoms with Crippen LogP contribution in [0.15, 0.2) is 11.6 Å². The van der Waals surface area contributed by atoms with E-state index in [2.05, 4.69) is 33.8 Å². The number of piperidine rings is 1. The van der Waals surface area contributed by atoms with Crippen molar-refractivity contribution in [3.05, 3.63) is 11.6 Å². The van der Waals surface area contributed by atoms with E-state index >= 15 is 0 Å². The van der Waals surface area contributed by atoms with Gasteiger partial charge in [0.2, 0.25) is 0 Å². The number of carbonyl (C=O) groups is 1. The standard InChI is InChI=1S/C22H35NO4/c1-15(2)5-6-18-21(4,26-18)19-22(27-19)11-7-17(8-12-22)25-20(24)23-13-9-16(3)10-14-23/h5,16-19H,6-14H2,1-4H3. The summed E-state index contributed by atoms with van der Waals surface area (Å²) in [6, 6.07) is 0. The molecule has 1 saturated carbocycles. The van der Waals surface area contributed by atoms with E-state index in [9.17, 15) is 4.79 Å². The number of hydrogen-bond donors (Lipinski definition) is 0. The second-order valence-corrected chi connectivity index (χ2v) is 9.62. The first kappa shape index (κ1) is 19.3. The van der Waals surface area contributed by atoms with E-state index in [0.717, 1.165) is 64.0 Å². The fraction of sp³-hybridized carbons (Fsp3) is 0.864. The third-order valence-corrected chi connectivity index (χ3v) is 7.10. The van der Waals surface area contributed by atoms with Crippen molar-refractivity contribution >= 4 is 6.09 Å². The van der Waals surface area contributed by atoms with E-state index in [0.29, 0.717) is 0 Å². The maximum absolute atomic E-state index is 12.4. The lowest BCUT2D eigenvalue weighted by atomic mass is 9.80. The van der Waals surface area contributed by atoms with Gasteiger partial charge >= 0.3 is 6.09 Å². The van der Waals surface area contributed by atoms with Crippen LogP contribution in [0.5, 0.6) is 0 Å². The van der Waals surface area contributed by atoms with Crippen molar-refractivity contribution in [2.24, 2.45) is 5.92 Å². The molecule has 0 aromatic rings. The summed E-state index contributed by atoms with van der Waals surface area (Å²) >= 11 is 0. The molecule has 1 amide bonds. The summed E-state index contributed by atoms with van der Waals surface area (Å²) in [5.41, 5.74) is 1.18. The number of carbonyl (C=O) groups excluding carboxylic acids is 1. The molecule has 152 valence electrons. The van der Waals surface area contributed by atoms with Gasteiger partial charge in [-0.1, -0.05) is 18.6 Å². The Hall–Kier alpha value is -1.07. The minimum atomic E-state index is -0.125. The molecule has 1 aliphatic carbocycles. The summed E-state index contributed by atoms with van der Waals surface area (Å²) in [6.45, 7) is 10.4. The molecule has 0 radical (unpaired) electrons. The third kappa shape index (κ3) is 3.91. The summed E-state index contributed by atoms with van der Waals surface area (Å²) in [7, 11) is 0. The van der Waals surface area contributed by atoms with Crippen LogP contribution in [0, 0.1) is 5.92 Å². The van der Waals surface area contributed by atoms with Crippen molar-refractivity contribution in [3.63, 3.8) is 0 Å². The summed E-state index contributed by atoms with van der Waals surface area (Å²) in [5, 5.41) is 0. The molecule has 5 nitrogen and oxygen atoms in total. The number of hydrogen-bond acceptors (Lipinski definition) is 4. The van der Waals surface area contributed by atoms with Crippen LogP contribution in [0.2, 0.25) is 0 Å². The fourth-order valence-electron chi connectivity index (χ4n) is 4.95. The van der Waals surface area contributed by atoms with Crippen LogP contribution in [0.4, 0.5) is 4.79 Å². The number of likely N-dealkylation sites (tertiary alicyclic amines) is 1. The molecule has 3 aliphatic heterocycles.